The van der Waals surface area contributed by atoms with Crippen molar-refractivity contribution in [3.05, 3.63) is 54.1 Å². The smallest absolute Gasteiger partial charge is 0.178 e. The van der Waals surface area contributed by atoms with Crippen LogP contribution in [0.4, 0.5) is 5.69 Å². The molecule has 2 rings (SSSR count). The molecule has 36 heavy (non-hydrogen) atoms. The van der Waals surface area contributed by atoms with Gasteiger partial charge in [0.15, 0.2) is 9.84 Å². The van der Waals surface area contributed by atoms with Gasteiger partial charge >= 0.3 is 0 Å². The lowest BCUT2D eigenvalue weighted by Crippen LogP contribution is -2.06. The Labute approximate surface area is 220 Å². The van der Waals surface area contributed by atoms with Crippen LogP contribution in [-0.4, -0.2) is 25.5 Å². The molecular weight excluding hydrogens is 466 g/mol. The van der Waals surface area contributed by atoms with Crippen molar-refractivity contribution in [1.82, 2.24) is 0 Å². The second kappa shape index (κ2) is 18.2. The van der Waals surface area contributed by atoms with Crippen molar-refractivity contribution in [3.63, 3.8) is 0 Å². The van der Waals surface area contributed by atoms with Crippen molar-refractivity contribution < 1.29 is 13.5 Å². The van der Waals surface area contributed by atoms with Crippen LogP contribution in [0.25, 0.3) is 0 Å². The van der Waals surface area contributed by atoms with Gasteiger partial charge < -0.3 is 5.11 Å². The third kappa shape index (κ3) is 13.2. The summed E-state index contributed by atoms with van der Waals surface area (Å²) in [6, 6.07) is 13.5. The summed E-state index contributed by atoms with van der Waals surface area (Å²) in [5, 5.41) is 9.34. The molecule has 0 unspecified atom stereocenters. The van der Waals surface area contributed by atoms with Gasteiger partial charge in [0.2, 0.25) is 0 Å². The Morgan fingerprint density at radius 2 is 1.08 bits per heavy atom. The van der Waals surface area contributed by atoms with Crippen molar-refractivity contribution in [2.45, 2.75) is 115 Å². The first-order valence-electron chi connectivity index (χ1n) is 14.2. The third-order valence-corrected chi connectivity index (χ3v) is 8.53. The molecule has 5 heteroatoms. The van der Waals surface area contributed by atoms with Crippen LogP contribution in [0.3, 0.4) is 0 Å². The summed E-state index contributed by atoms with van der Waals surface area (Å²) in [5.74, 6) is 0.424. The first-order valence-corrected chi connectivity index (χ1v) is 15.8. The number of rotatable bonds is 20. The lowest BCUT2D eigenvalue weighted by atomic mass is 10.0. The number of nitrogens with zero attached hydrogens (tertiary/aromatic N) is 1. The summed E-state index contributed by atoms with van der Waals surface area (Å²) in [6.45, 7) is 2.27. The predicted molar refractivity (Wildman–Crippen MR) is 153 cm³/mol. The molecule has 0 aromatic heterocycles. The fourth-order valence-corrected chi connectivity index (χ4v) is 5.78. The molecule has 0 spiro atoms. The summed E-state index contributed by atoms with van der Waals surface area (Å²) in [5.41, 5.74) is 1.57. The number of aliphatic imine (C=N–C) groups is 1. The van der Waals surface area contributed by atoms with Gasteiger partial charge in [-0.3, -0.25) is 4.99 Å². The average molecular weight is 514 g/mol. The number of unbranched alkanes of at least 4 members (excludes halogenated alkanes) is 15. The van der Waals surface area contributed by atoms with E-state index >= 15 is 0 Å². The zero-order valence-electron chi connectivity index (χ0n) is 22.3. The van der Waals surface area contributed by atoms with E-state index in [4.69, 9.17) is 0 Å². The molecule has 4 nitrogen and oxygen atoms in total. The maximum absolute atomic E-state index is 12.6. The van der Waals surface area contributed by atoms with E-state index in [1.807, 2.05) is 0 Å². The predicted octanol–water partition coefficient (Wildman–Crippen LogP) is 9.18. The largest absolute Gasteiger partial charge is 0.508 e. The highest BCUT2D eigenvalue weighted by molar-refractivity contribution is 7.91. The quantitative estimate of drug-likeness (QED) is 0.142. The lowest BCUT2D eigenvalue weighted by Gasteiger charge is -2.06. The van der Waals surface area contributed by atoms with Crippen LogP contribution in [0.2, 0.25) is 0 Å². The average Bonchev–Trinajstić information content (AvgIpc) is 2.88. The van der Waals surface area contributed by atoms with E-state index in [0.29, 0.717) is 10.6 Å². The number of hydrogen-bond donors (Lipinski definition) is 1. The first kappa shape index (κ1) is 30.1. The Hall–Kier alpha value is -2.14. The molecule has 0 aliphatic rings. The van der Waals surface area contributed by atoms with Gasteiger partial charge in [-0.25, -0.2) is 8.42 Å². The number of sulfone groups is 1. The van der Waals surface area contributed by atoms with Crippen molar-refractivity contribution in [1.29, 1.82) is 0 Å². The van der Waals surface area contributed by atoms with Gasteiger partial charge in [0.25, 0.3) is 0 Å². The number of phenols is 1. The standard InChI is InChI=1S/C31H47NO3S/c1-2-3-4-5-6-7-8-9-10-11-12-13-14-15-16-17-26-36(34,35)31-24-20-29(21-25-31)32-27-28-18-22-30(33)23-19-28/h18-25,27,33H,2-17,26H2,1H3. The molecule has 2 aromatic carbocycles. The third-order valence-electron chi connectivity index (χ3n) is 6.72. The maximum Gasteiger partial charge on any atom is 0.178 e. The highest BCUT2D eigenvalue weighted by atomic mass is 32.2. The Kier molecular flexibility index (Phi) is 15.2. The molecule has 0 aliphatic carbocycles. The van der Waals surface area contributed by atoms with Gasteiger partial charge in [-0.2, -0.15) is 0 Å². The zero-order valence-corrected chi connectivity index (χ0v) is 23.2. The lowest BCUT2D eigenvalue weighted by molar-refractivity contribution is 0.475. The van der Waals surface area contributed by atoms with Gasteiger partial charge in [0, 0.05) is 6.21 Å². The molecule has 200 valence electrons. The number of hydrogen-bond acceptors (Lipinski definition) is 4. The van der Waals surface area contributed by atoms with E-state index in [0.717, 1.165) is 24.8 Å². The monoisotopic (exact) mass is 513 g/mol. The number of aromatic hydroxyl groups is 1. The van der Waals surface area contributed by atoms with Crippen molar-refractivity contribution in [2.75, 3.05) is 5.75 Å². The van der Waals surface area contributed by atoms with Crippen molar-refractivity contribution in [2.24, 2.45) is 4.99 Å². The molecule has 0 heterocycles. The normalized spacial score (nSPS) is 11.9. The van der Waals surface area contributed by atoms with E-state index in [1.54, 1.807) is 54.7 Å². The van der Waals surface area contributed by atoms with Crippen LogP contribution < -0.4 is 0 Å². The van der Waals surface area contributed by atoms with Crippen LogP contribution in [0.15, 0.2) is 58.4 Å². The van der Waals surface area contributed by atoms with E-state index in [-0.39, 0.29) is 11.5 Å². The molecule has 0 amide bonds. The van der Waals surface area contributed by atoms with Gasteiger partial charge in [-0.05, 0) is 60.5 Å². The van der Waals surface area contributed by atoms with E-state index in [2.05, 4.69) is 11.9 Å². The number of benzene rings is 2. The Bertz CT molecular complexity index is 950. The second-order valence-electron chi connectivity index (χ2n) is 9.97. The Balaban J connectivity index is 1.51. The summed E-state index contributed by atoms with van der Waals surface area (Å²) >= 11 is 0. The van der Waals surface area contributed by atoms with Gasteiger partial charge in [0.1, 0.15) is 5.75 Å². The molecule has 0 radical (unpaired) electrons. The molecule has 1 N–H and O–H groups in total. The van der Waals surface area contributed by atoms with Crippen molar-refractivity contribution in [3.8, 4) is 5.75 Å². The minimum atomic E-state index is -3.25. The molecule has 2 aromatic rings. The molecule has 0 aliphatic heterocycles. The minimum absolute atomic E-state index is 0.210. The van der Waals surface area contributed by atoms with Gasteiger partial charge in [0.05, 0.1) is 16.3 Å². The van der Waals surface area contributed by atoms with Crippen LogP contribution >= 0.6 is 0 Å². The van der Waals surface area contributed by atoms with Gasteiger partial charge in [-0.1, -0.05) is 103 Å². The molecule has 0 bridgehead atoms. The Morgan fingerprint density at radius 3 is 1.56 bits per heavy atom. The molecule has 0 saturated heterocycles. The van der Waals surface area contributed by atoms with E-state index in [1.165, 1.54) is 83.5 Å². The molecule has 0 fully saturated rings. The summed E-state index contributed by atoms with van der Waals surface area (Å²) in [4.78, 5) is 4.74. The Morgan fingerprint density at radius 1 is 0.639 bits per heavy atom. The van der Waals surface area contributed by atoms with Gasteiger partial charge in [-0.15, -0.1) is 0 Å². The van der Waals surface area contributed by atoms with Crippen LogP contribution in [-0.2, 0) is 9.84 Å². The topological polar surface area (TPSA) is 66.7 Å². The summed E-state index contributed by atoms with van der Waals surface area (Å²) in [7, 11) is -3.25. The summed E-state index contributed by atoms with van der Waals surface area (Å²) < 4.78 is 25.3. The first-order chi connectivity index (χ1) is 17.5. The van der Waals surface area contributed by atoms with Crippen molar-refractivity contribution >= 4 is 21.7 Å². The fraction of sp³-hybridized carbons (Fsp3) is 0.581. The molecule has 0 atom stereocenters. The van der Waals surface area contributed by atoms with Crippen LogP contribution in [0, 0.1) is 0 Å². The highest BCUT2D eigenvalue weighted by Gasteiger charge is 2.13. The fourth-order valence-electron chi connectivity index (χ4n) is 4.41. The van der Waals surface area contributed by atoms with Crippen LogP contribution in [0.5, 0.6) is 5.75 Å². The zero-order chi connectivity index (χ0) is 25.9. The van der Waals surface area contributed by atoms with E-state index in [9.17, 15) is 13.5 Å². The minimum Gasteiger partial charge on any atom is -0.508 e. The maximum atomic E-state index is 12.6. The molecule has 0 saturated carbocycles. The second-order valence-corrected chi connectivity index (χ2v) is 12.1. The molecular formula is C31H47NO3S. The highest BCUT2D eigenvalue weighted by Crippen LogP contribution is 2.20. The number of phenolic OH excluding ortho intramolecular Hbond substituents is 1. The van der Waals surface area contributed by atoms with Crippen LogP contribution in [0.1, 0.15) is 115 Å². The van der Waals surface area contributed by atoms with E-state index < -0.39 is 9.84 Å². The summed E-state index contributed by atoms with van der Waals surface area (Å²) in [6.07, 6.45) is 22.2. The SMILES string of the molecule is CCCCCCCCCCCCCCCCCCS(=O)(=O)c1ccc(N=Cc2ccc(O)cc2)cc1.